The van der Waals surface area contributed by atoms with Gasteiger partial charge in [0.1, 0.15) is 12.4 Å². The molecule has 1 aliphatic rings. The number of aliphatic hydroxyl groups excluding tert-OH is 1. The smallest absolute Gasteiger partial charge is 0.407 e. The molecule has 27 heavy (non-hydrogen) atoms. The van der Waals surface area contributed by atoms with E-state index in [1.54, 1.807) is 0 Å². The standard InChI is InChI=1S/C22H33NO4/c1-16(2)20(24)14-21(25)19(13-17-9-5-3-6-10-17)23-22(26)27-15-18-11-7-4-8-12-18/h4,7-8,11-12,16-17,19,21,25H,3,5-6,9-10,13-15H2,1-2H3,(H,23,26)/t19-,21-/m0/s1. The number of ether oxygens (including phenoxy) is 1. The van der Waals surface area contributed by atoms with Crippen LogP contribution in [0.5, 0.6) is 0 Å². The van der Waals surface area contributed by atoms with Gasteiger partial charge in [-0.25, -0.2) is 4.79 Å². The van der Waals surface area contributed by atoms with Gasteiger partial charge in [0, 0.05) is 12.3 Å². The first-order valence-electron chi connectivity index (χ1n) is 10.1. The number of carbonyl (C=O) groups is 2. The van der Waals surface area contributed by atoms with E-state index in [2.05, 4.69) is 5.32 Å². The lowest BCUT2D eigenvalue weighted by Gasteiger charge is -2.30. The molecule has 2 N–H and O–H groups in total. The fraction of sp³-hybridized carbons (Fsp3) is 0.636. The molecular weight excluding hydrogens is 342 g/mol. The second-order valence-corrected chi connectivity index (χ2v) is 7.94. The molecular formula is C22H33NO4. The maximum Gasteiger partial charge on any atom is 0.407 e. The first-order chi connectivity index (χ1) is 13.0. The van der Waals surface area contributed by atoms with Crippen molar-refractivity contribution in [3.8, 4) is 0 Å². The van der Waals surface area contributed by atoms with Crippen LogP contribution >= 0.6 is 0 Å². The molecule has 0 aliphatic heterocycles. The largest absolute Gasteiger partial charge is 0.445 e. The van der Waals surface area contributed by atoms with E-state index in [9.17, 15) is 14.7 Å². The fourth-order valence-corrected chi connectivity index (χ4v) is 3.59. The van der Waals surface area contributed by atoms with Crippen molar-refractivity contribution < 1.29 is 19.4 Å². The Morgan fingerprint density at radius 1 is 1.15 bits per heavy atom. The van der Waals surface area contributed by atoms with Crippen LogP contribution in [0.15, 0.2) is 30.3 Å². The summed E-state index contributed by atoms with van der Waals surface area (Å²) in [6.45, 7) is 3.84. The van der Waals surface area contributed by atoms with E-state index in [0.717, 1.165) is 18.4 Å². The molecule has 0 saturated heterocycles. The van der Waals surface area contributed by atoms with Gasteiger partial charge in [-0.3, -0.25) is 4.79 Å². The van der Waals surface area contributed by atoms with Crippen LogP contribution in [0.2, 0.25) is 0 Å². The van der Waals surface area contributed by atoms with E-state index in [0.29, 0.717) is 12.3 Å². The van der Waals surface area contributed by atoms with Crippen molar-refractivity contribution in [1.82, 2.24) is 5.32 Å². The Morgan fingerprint density at radius 2 is 1.81 bits per heavy atom. The van der Waals surface area contributed by atoms with E-state index in [1.165, 1.54) is 19.3 Å². The second-order valence-electron chi connectivity index (χ2n) is 7.94. The molecule has 0 unspecified atom stereocenters. The number of aliphatic hydroxyl groups is 1. The van der Waals surface area contributed by atoms with Gasteiger partial charge >= 0.3 is 6.09 Å². The van der Waals surface area contributed by atoms with Crippen molar-refractivity contribution in [3.63, 3.8) is 0 Å². The summed E-state index contributed by atoms with van der Waals surface area (Å²) in [7, 11) is 0. The average molecular weight is 376 g/mol. The third-order valence-corrected chi connectivity index (χ3v) is 5.35. The molecule has 1 amide bonds. The molecule has 1 saturated carbocycles. The van der Waals surface area contributed by atoms with Crippen LogP contribution < -0.4 is 5.32 Å². The first kappa shape index (κ1) is 21.4. The van der Waals surface area contributed by atoms with Gasteiger partial charge in [0.05, 0.1) is 12.1 Å². The van der Waals surface area contributed by atoms with Gasteiger partial charge in [-0.1, -0.05) is 76.3 Å². The minimum atomic E-state index is -0.883. The summed E-state index contributed by atoms with van der Waals surface area (Å²) in [5, 5.41) is 13.4. The monoisotopic (exact) mass is 375 g/mol. The summed E-state index contributed by atoms with van der Waals surface area (Å²) >= 11 is 0. The van der Waals surface area contributed by atoms with Gasteiger partial charge in [-0.2, -0.15) is 0 Å². The number of nitrogens with one attached hydrogen (secondary N) is 1. The lowest BCUT2D eigenvalue weighted by Crippen LogP contribution is -2.46. The van der Waals surface area contributed by atoms with Crippen molar-refractivity contribution in [2.24, 2.45) is 11.8 Å². The molecule has 2 rings (SSSR count). The number of alkyl carbamates (subject to hydrolysis) is 1. The molecule has 0 radical (unpaired) electrons. The SMILES string of the molecule is CC(C)C(=O)C[C@H](O)[C@H](CC1CCCCC1)NC(=O)OCc1ccccc1. The Balaban J connectivity index is 1.92. The Bertz CT molecular complexity index is 581. The molecule has 1 aromatic rings. The number of rotatable bonds is 9. The number of Topliss-reactive ketones (excluding diaryl/α,β-unsaturated/α-hetero) is 1. The van der Waals surface area contributed by atoms with E-state index in [-0.39, 0.29) is 24.7 Å². The molecule has 0 bridgehead atoms. The summed E-state index contributed by atoms with van der Waals surface area (Å²) in [5.41, 5.74) is 0.909. The maximum atomic E-state index is 12.3. The van der Waals surface area contributed by atoms with Crippen LogP contribution in [0, 0.1) is 11.8 Å². The van der Waals surface area contributed by atoms with Gasteiger partial charge in [-0.05, 0) is 17.9 Å². The number of carbonyl (C=O) groups excluding carboxylic acids is 2. The van der Waals surface area contributed by atoms with E-state index in [4.69, 9.17) is 4.74 Å². The Kier molecular flexibility index (Phi) is 8.79. The van der Waals surface area contributed by atoms with E-state index in [1.807, 2.05) is 44.2 Å². The summed E-state index contributed by atoms with van der Waals surface area (Å²) in [6.07, 6.45) is 5.18. The Morgan fingerprint density at radius 3 is 2.44 bits per heavy atom. The summed E-state index contributed by atoms with van der Waals surface area (Å²) in [6, 6.07) is 9.02. The highest BCUT2D eigenvalue weighted by atomic mass is 16.5. The number of benzene rings is 1. The molecule has 5 nitrogen and oxygen atoms in total. The minimum Gasteiger partial charge on any atom is -0.445 e. The fourth-order valence-electron chi connectivity index (χ4n) is 3.59. The molecule has 0 spiro atoms. The molecule has 2 atom stereocenters. The van der Waals surface area contributed by atoms with Crippen molar-refractivity contribution in [1.29, 1.82) is 0 Å². The zero-order chi connectivity index (χ0) is 19.6. The summed E-state index contributed by atoms with van der Waals surface area (Å²) in [4.78, 5) is 24.3. The van der Waals surface area contributed by atoms with E-state index >= 15 is 0 Å². The topological polar surface area (TPSA) is 75.6 Å². The van der Waals surface area contributed by atoms with Gasteiger partial charge in [0.15, 0.2) is 0 Å². The quantitative estimate of drug-likeness (QED) is 0.677. The molecule has 0 heterocycles. The van der Waals surface area contributed by atoms with Crippen molar-refractivity contribution in [3.05, 3.63) is 35.9 Å². The van der Waals surface area contributed by atoms with Crippen LogP contribution in [0.1, 0.15) is 64.4 Å². The van der Waals surface area contributed by atoms with Crippen molar-refractivity contribution in [2.45, 2.75) is 77.5 Å². The molecule has 5 heteroatoms. The maximum absolute atomic E-state index is 12.3. The highest BCUT2D eigenvalue weighted by Gasteiger charge is 2.28. The predicted molar refractivity (Wildman–Crippen MR) is 105 cm³/mol. The minimum absolute atomic E-state index is 0.00981. The molecule has 0 aromatic heterocycles. The normalized spacial score (nSPS) is 17.3. The van der Waals surface area contributed by atoms with Gasteiger partial charge in [-0.15, -0.1) is 0 Å². The number of ketones is 1. The number of hydrogen-bond acceptors (Lipinski definition) is 4. The van der Waals surface area contributed by atoms with Crippen LogP contribution in [0.3, 0.4) is 0 Å². The lowest BCUT2D eigenvalue weighted by atomic mass is 9.83. The zero-order valence-corrected chi connectivity index (χ0v) is 16.5. The number of hydrogen-bond donors (Lipinski definition) is 2. The van der Waals surface area contributed by atoms with Crippen LogP contribution in [-0.2, 0) is 16.1 Å². The Hall–Kier alpha value is -1.88. The van der Waals surface area contributed by atoms with Gasteiger partial charge in [0.2, 0.25) is 0 Å². The van der Waals surface area contributed by atoms with Crippen LogP contribution in [0.4, 0.5) is 4.79 Å². The Labute approximate surface area is 162 Å². The average Bonchev–Trinajstić information content (AvgIpc) is 2.67. The molecule has 1 fully saturated rings. The summed E-state index contributed by atoms with van der Waals surface area (Å²) in [5.74, 6) is 0.359. The molecule has 1 aromatic carbocycles. The predicted octanol–water partition coefficient (Wildman–Crippen LogP) is 4.23. The highest BCUT2D eigenvalue weighted by Crippen LogP contribution is 2.28. The van der Waals surface area contributed by atoms with Crippen LogP contribution in [-0.4, -0.2) is 29.1 Å². The molecule has 1 aliphatic carbocycles. The van der Waals surface area contributed by atoms with E-state index < -0.39 is 18.2 Å². The van der Waals surface area contributed by atoms with Crippen LogP contribution in [0.25, 0.3) is 0 Å². The first-order valence-corrected chi connectivity index (χ1v) is 10.1. The second kappa shape index (κ2) is 11.1. The van der Waals surface area contributed by atoms with Crippen molar-refractivity contribution in [2.75, 3.05) is 0 Å². The summed E-state index contributed by atoms with van der Waals surface area (Å²) < 4.78 is 5.30. The van der Waals surface area contributed by atoms with Gasteiger partial charge in [0.25, 0.3) is 0 Å². The van der Waals surface area contributed by atoms with Gasteiger partial charge < -0.3 is 15.2 Å². The van der Waals surface area contributed by atoms with Crippen molar-refractivity contribution >= 4 is 11.9 Å². The lowest BCUT2D eigenvalue weighted by molar-refractivity contribution is -0.124. The third-order valence-electron chi connectivity index (χ3n) is 5.35. The molecule has 150 valence electrons. The third kappa shape index (κ3) is 7.71. The highest BCUT2D eigenvalue weighted by molar-refractivity contribution is 5.80. The zero-order valence-electron chi connectivity index (χ0n) is 16.5. The number of amides is 1.